The molecule has 0 saturated carbocycles. The summed E-state index contributed by atoms with van der Waals surface area (Å²) < 4.78 is 16.0. The molecule has 0 unspecified atom stereocenters. The van der Waals surface area contributed by atoms with Crippen LogP contribution in [0.2, 0.25) is 0 Å². The Hall–Kier alpha value is -2.97. The number of nitrogens with two attached hydrogens (primary N) is 1. The van der Waals surface area contributed by atoms with Gasteiger partial charge < -0.3 is 10.3 Å². The van der Waals surface area contributed by atoms with E-state index in [4.69, 9.17) is 11.0 Å². The number of nitrogens with zero attached hydrogens (tertiary/aromatic N) is 3. The maximum absolute atomic E-state index is 14.1. The number of hydrogen-bond donors (Lipinski definition) is 1. The van der Waals surface area contributed by atoms with Crippen molar-refractivity contribution in [3.63, 3.8) is 0 Å². The van der Waals surface area contributed by atoms with Gasteiger partial charge in [-0.2, -0.15) is 5.26 Å². The van der Waals surface area contributed by atoms with E-state index in [0.717, 1.165) is 33.6 Å². The van der Waals surface area contributed by atoms with Crippen molar-refractivity contribution in [2.24, 2.45) is 12.8 Å². The van der Waals surface area contributed by atoms with Gasteiger partial charge in [0, 0.05) is 24.7 Å². The second kappa shape index (κ2) is 6.50. The first-order valence-electron chi connectivity index (χ1n) is 7.98. The average molecular weight is 334 g/mol. The van der Waals surface area contributed by atoms with Crippen LogP contribution in [0.1, 0.15) is 22.3 Å². The van der Waals surface area contributed by atoms with Gasteiger partial charge in [-0.05, 0) is 42.7 Å². The van der Waals surface area contributed by atoms with Crippen LogP contribution < -0.4 is 5.73 Å². The minimum atomic E-state index is -0.529. The highest BCUT2D eigenvalue weighted by Gasteiger charge is 2.18. The predicted molar refractivity (Wildman–Crippen MR) is 96.1 cm³/mol. The summed E-state index contributed by atoms with van der Waals surface area (Å²) in [6.07, 6.45) is 1.72. The van der Waals surface area contributed by atoms with Crippen molar-refractivity contribution >= 4 is 0 Å². The summed E-state index contributed by atoms with van der Waals surface area (Å²) >= 11 is 0. The zero-order valence-electron chi connectivity index (χ0n) is 14.5. The molecule has 5 heteroatoms. The molecule has 25 heavy (non-hydrogen) atoms. The van der Waals surface area contributed by atoms with Gasteiger partial charge in [0.15, 0.2) is 0 Å². The smallest absolute Gasteiger partial charge is 0.141 e. The molecule has 2 N–H and O–H groups in total. The number of benzene rings is 2. The van der Waals surface area contributed by atoms with Crippen LogP contribution >= 0.6 is 0 Å². The molecule has 0 bridgehead atoms. The third-order valence-electron chi connectivity index (χ3n) is 4.37. The zero-order valence-corrected chi connectivity index (χ0v) is 14.5. The molecule has 0 fully saturated rings. The largest absolute Gasteiger partial charge is 0.333 e. The van der Waals surface area contributed by atoms with Crippen molar-refractivity contribution in [2.45, 2.75) is 20.4 Å². The number of halogens is 1. The molecular weight excluding hydrogens is 315 g/mol. The highest BCUT2D eigenvalue weighted by Crippen LogP contribution is 2.35. The lowest BCUT2D eigenvalue weighted by molar-refractivity contribution is 0.624. The fourth-order valence-corrected chi connectivity index (χ4v) is 3.25. The van der Waals surface area contributed by atoms with Crippen LogP contribution in [0.15, 0.2) is 36.7 Å². The fourth-order valence-electron chi connectivity index (χ4n) is 3.25. The molecule has 0 spiro atoms. The Morgan fingerprint density at radius 1 is 1.20 bits per heavy atom. The van der Waals surface area contributed by atoms with E-state index in [1.54, 1.807) is 12.4 Å². The lowest BCUT2D eigenvalue weighted by Gasteiger charge is -2.13. The van der Waals surface area contributed by atoms with Crippen molar-refractivity contribution in [3.8, 4) is 28.6 Å². The van der Waals surface area contributed by atoms with E-state index >= 15 is 0 Å². The van der Waals surface area contributed by atoms with Gasteiger partial charge >= 0.3 is 0 Å². The number of imidazole rings is 1. The van der Waals surface area contributed by atoms with Gasteiger partial charge in [0.1, 0.15) is 11.9 Å². The molecule has 0 aliphatic heterocycles. The van der Waals surface area contributed by atoms with Crippen LogP contribution in [0, 0.1) is 31.0 Å². The molecule has 1 aromatic heterocycles. The van der Waals surface area contributed by atoms with Crippen LogP contribution in [-0.2, 0) is 13.6 Å². The minimum Gasteiger partial charge on any atom is -0.333 e. The van der Waals surface area contributed by atoms with Crippen molar-refractivity contribution in [1.82, 2.24) is 9.55 Å². The quantitative estimate of drug-likeness (QED) is 0.791. The highest BCUT2D eigenvalue weighted by atomic mass is 19.1. The first-order chi connectivity index (χ1) is 12.0. The van der Waals surface area contributed by atoms with Crippen LogP contribution in [0.4, 0.5) is 4.39 Å². The Bertz CT molecular complexity index is 972. The van der Waals surface area contributed by atoms with Crippen molar-refractivity contribution < 1.29 is 4.39 Å². The maximum Gasteiger partial charge on any atom is 0.141 e. The average Bonchev–Trinajstić information content (AvgIpc) is 2.95. The molecule has 0 aliphatic rings. The molecular formula is C20H19FN4. The summed E-state index contributed by atoms with van der Waals surface area (Å²) in [5, 5.41) is 8.93. The topological polar surface area (TPSA) is 67.6 Å². The van der Waals surface area contributed by atoms with Gasteiger partial charge in [0.2, 0.25) is 0 Å². The number of hydrogen-bond acceptors (Lipinski definition) is 3. The second-order valence-electron chi connectivity index (χ2n) is 6.17. The van der Waals surface area contributed by atoms with E-state index in [9.17, 15) is 4.39 Å². The summed E-state index contributed by atoms with van der Waals surface area (Å²) in [6.45, 7) is 4.54. The molecule has 0 amide bonds. The Morgan fingerprint density at radius 2 is 1.88 bits per heavy atom. The van der Waals surface area contributed by atoms with Gasteiger partial charge in [-0.3, -0.25) is 0 Å². The van der Waals surface area contributed by atoms with Gasteiger partial charge in [-0.25, -0.2) is 9.37 Å². The third-order valence-corrected chi connectivity index (χ3v) is 4.37. The molecule has 0 saturated heterocycles. The summed E-state index contributed by atoms with van der Waals surface area (Å²) in [4.78, 5) is 4.56. The van der Waals surface area contributed by atoms with Crippen molar-refractivity contribution in [1.29, 1.82) is 5.26 Å². The molecule has 0 radical (unpaired) electrons. The zero-order chi connectivity index (χ0) is 18.1. The Morgan fingerprint density at radius 3 is 2.44 bits per heavy atom. The fraction of sp³-hybridized carbons (Fsp3) is 0.200. The first-order valence-corrected chi connectivity index (χ1v) is 7.98. The van der Waals surface area contributed by atoms with E-state index in [1.165, 1.54) is 12.1 Å². The van der Waals surface area contributed by atoms with Crippen molar-refractivity contribution in [2.75, 3.05) is 0 Å². The molecule has 0 atom stereocenters. The normalized spacial score (nSPS) is 10.7. The van der Waals surface area contributed by atoms with E-state index in [-0.39, 0.29) is 5.56 Å². The van der Waals surface area contributed by atoms with Gasteiger partial charge in [0.05, 0.1) is 23.3 Å². The van der Waals surface area contributed by atoms with E-state index < -0.39 is 5.82 Å². The molecule has 2 aromatic carbocycles. The van der Waals surface area contributed by atoms with E-state index in [0.29, 0.717) is 12.1 Å². The van der Waals surface area contributed by atoms with Crippen molar-refractivity contribution in [3.05, 3.63) is 64.7 Å². The number of aryl methyl sites for hydroxylation is 3. The standard InChI is InChI=1S/C20H19FN4/c1-12-6-14(9-22)7-13(2)18(12)19-20(25(3)11-24-19)15-4-5-16(10-23)17(21)8-15/h4-8,11H,9,22H2,1-3H3. The summed E-state index contributed by atoms with van der Waals surface area (Å²) in [7, 11) is 1.88. The highest BCUT2D eigenvalue weighted by molar-refractivity contribution is 5.82. The lowest BCUT2D eigenvalue weighted by Crippen LogP contribution is -2.00. The Kier molecular flexibility index (Phi) is 4.39. The predicted octanol–water partition coefficient (Wildman–Crippen LogP) is 3.84. The number of rotatable bonds is 3. The third kappa shape index (κ3) is 2.92. The van der Waals surface area contributed by atoms with Gasteiger partial charge in [0.25, 0.3) is 0 Å². The summed E-state index contributed by atoms with van der Waals surface area (Å²) in [6, 6.07) is 10.6. The number of aromatic nitrogens is 2. The van der Waals surface area contributed by atoms with E-state index in [1.807, 2.05) is 31.5 Å². The number of nitriles is 1. The molecule has 3 rings (SSSR count). The lowest BCUT2D eigenvalue weighted by atomic mass is 9.94. The minimum absolute atomic E-state index is 0.0344. The summed E-state index contributed by atoms with van der Waals surface area (Å²) in [5.41, 5.74) is 12.3. The van der Waals surface area contributed by atoms with Gasteiger partial charge in [-0.15, -0.1) is 0 Å². The molecule has 3 aromatic rings. The SMILES string of the molecule is Cc1cc(CN)cc(C)c1-c1ncn(C)c1-c1ccc(C#N)c(F)c1. The Labute approximate surface area is 146 Å². The second-order valence-corrected chi connectivity index (χ2v) is 6.17. The monoisotopic (exact) mass is 334 g/mol. The first kappa shape index (κ1) is 16.9. The molecule has 4 nitrogen and oxygen atoms in total. The molecule has 1 heterocycles. The summed E-state index contributed by atoms with van der Waals surface area (Å²) in [5.74, 6) is -0.529. The Balaban J connectivity index is 2.23. The van der Waals surface area contributed by atoms with Crippen LogP contribution in [0.3, 0.4) is 0 Å². The van der Waals surface area contributed by atoms with Crippen LogP contribution in [-0.4, -0.2) is 9.55 Å². The maximum atomic E-state index is 14.1. The molecule has 0 aliphatic carbocycles. The van der Waals surface area contributed by atoms with E-state index in [2.05, 4.69) is 17.1 Å². The van der Waals surface area contributed by atoms with Crippen LogP contribution in [0.25, 0.3) is 22.5 Å². The van der Waals surface area contributed by atoms with Crippen LogP contribution in [0.5, 0.6) is 0 Å². The molecule has 126 valence electrons. The van der Waals surface area contributed by atoms with Gasteiger partial charge in [-0.1, -0.05) is 18.2 Å².